The van der Waals surface area contributed by atoms with E-state index in [9.17, 15) is 4.79 Å². The van der Waals surface area contributed by atoms with Gasteiger partial charge in [-0.2, -0.15) is 0 Å². The highest BCUT2D eigenvalue weighted by molar-refractivity contribution is 5.92. The minimum absolute atomic E-state index is 0.272. The van der Waals surface area contributed by atoms with E-state index in [1.165, 1.54) is 38.5 Å². The molecule has 2 fully saturated rings. The molecule has 22 heavy (non-hydrogen) atoms. The number of terminal acetylenes is 1. The zero-order valence-corrected chi connectivity index (χ0v) is 15.0. The van der Waals surface area contributed by atoms with E-state index in [2.05, 4.69) is 25.1 Å². The van der Waals surface area contributed by atoms with Crippen molar-refractivity contribution in [3.05, 3.63) is 0 Å². The lowest BCUT2D eigenvalue weighted by Crippen LogP contribution is -2.37. The molecule has 0 spiro atoms. The fourth-order valence-corrected chi connectivity index (χ4v) is 4.62. The van der Waals surface area contributed by atoms with Crippen LogP contribution in [-0.2, 0) is 4.79 Å². The Morgan fingerprint density at radius 2 is 1.91 bits per heavy atom. The minimum atomic E-state index is -0.272. The summed E-state index contributed by atoms with van der Waals surface area (Å²) in [4.78, 5) is 11.0. The average Bonchev–Trinajstić information content (AvgIpc) is 2.54. The highest BCUT2D eigenvalue weighted by atomic mass is 16.1. The third-order valence-corrected chi connectivity index (χ3v) is 5.71. The molecule has 1 amide bonds. The van der Waals surface area contributed by atoms with Gasteiger partial charge in [0.15, 0.2) is 0 Å². The Hall–Kier alpha value is -0.970. The number of hydrogen-bond donors (Lipinski definition) is 1. The normalized spacial score (nSPS) is 33.7. The Labute approximate surface area is 137 Å². The van der Waals surface area contributed by atoms with Gasteiger partial charge >= 0.3 is 0 Å². The molecule has 126 valence electrons. The van der Waals surface area contributed by atoms with Gasteiger partial charge in [-0.15, -0.1) is 6.42 Å². The van der Waals surface area contributed by atoms with Crippen LogP contribution >= 0.6 is 0 Å². The molecule has 0 heterocycles. The summed E-state index contributed by atoms with van der Waals surface area (Å²) >= 11 is 0. The van der Waals surface area contributed by atoms with Gasteiger partial charge < -0.3 is 5.32 Å². The molecule has 2 aliphatic rings. The fraction of sp³-hybridized carbons (Fsp3) is 0.850. The minimum Gasteiger partial charge on any atom is -0.345 e. The molecule has 0 aliphatic heterocycles. The van der Waals surface area contributed by atoms with E-state index in [1.54, 1.807) is 0 Å². The van der Waals surface area contributed by atoms with E-state index < -0.39 is 0 Å². The van der Waals surface area contributed by atoms with Crippen molar-refractivity contribution >= 4 is 5.91 Å². The lowest BCUT2D eigenvalue weighted by atomic mass is 9.59. The van der Waals surface area contributed by atoms with Gasteiger partial charge in [0.25, 0.3) is 5.91 Å². The van der Waals surface area contributed by atoms with E-state index in [1.807, 2.05) is 13.8 Å². The van der Waals surface area contributed by atoms with Gasteiger partial charge in [0.1, 0.15) is 0 Å². The first-order valence-electron chi connectivity index (χ1n) is 9.36. The van der Waals surface area contributed by atoms with Crippen molar-refractivity contribution in [2.45, 2.75) is 72.6 Å². The molecular formula is C20H35NO. The average molecular weight is 306 g/mol. The smallest absolute Gasteiger partial charge is 0.295 e. The van der Waals surface area contributed by atoms with Gasteiger partial charge in [-0.1, -0.05) is 40.5 Å². The third kappa shape index (κ3) is 5.34. The highest BCUT2D eigenvalue weighted by Crippen LogP contribution is 2.49. The van der Waals surface area contributed by atoms with Crippen LogP contribution in [-0.4, -0.2) is 12.5 Å². The summed E-state index contributed by atoms with van der Waals surface area (Å²) in [6, 6.07) is 0. The lowest BCUT2D eigenvalue weighted by Gasteiger charge is -2.46. The quantitative estimate of drug-likeness (QED) is 0.595. The summed E-state index contributed by atoms with van der Waals surface area (Å²) in [7, 11) is 0. The van der Waals surface area contributed by atoms with E-state index in [0.29, 0.717) is 0 Å². The maximum Gasteiger partial charge on any atom is 0.295 e. The molecule has 0 aromatic carbocycles. The molecule has 1 N–H and O–H groups in total. The number of nitrogens with one attached hydrogen (secondary N) is 1. The first-order chi connectivity index (χ1) is 10.6. The second-order valence-electron chi connectivity index (χ2n) is 7.10. The molecule has 0 saturated heterocycles. The van der Waals surface area contributed by atoms with Crippen molar-refractivity contribution in [3.63, 3.8) is 0 Å². The summed E-state index contributed by atoms with van der Waals surface area (Å²) in [5, 5.41) is 2.79. The van der Waals surface area contributed by atoms with E-state index >= 15 is 0 Å². The Kier molecular flexibility index (Phi) is 8.61. The van der Waals surface area contributed by atoms with Crippen LogP contribution in [0, 0.1) is 41.9 Å². The summed E-state index contributed by atoms with van der Waals surface area (Å²) < 4.78 is 0. The zero-order chi connectivity index (χ0) is 16.5. The van der Waals surface area contributed by atoms with Crippen LogP contribution < -0.4 is 5.32 Å². The second kappa shape index (κ2) is 9.93. The van der Waals surface area contributed by atoms with E-state index in [4.69, 9.17) is 6.42 Å². The van der Waals surface area contributed by atoms with Crippen LogP contribution in [0.3, 0.4) is 0 Å². The van der Waals surface area contributed by atoms with Crippen molar-refractivity contribution in [1.29, 1.82) is 0 Å². The predicted molar refractivity (Wildman–Crippen MR) is 94.3 cm³/mol. The van der Waals surface area contributed by atoms with Gasteiger partial charge in [-0.05, 0) is 67.6 Å². The van der Waals surface area contributed by atoms with Gasteiger partial charge in [0.05, 0.1) is 0 Å². The summed E-state index contributed by atoms with van der Waals surface area (Å²) in [5.74, 6) is 6.41. The largest absolute Gasteiger partial charge is 0.345 e. The molecule has 5 atom stereocenters. The highest BCUT2D eigenvalue weighted by Gasteiger charge is 2.39. The molecular weight excluding hydrogens is 270 g/mol. The van der Waals surface area contributed by atoms with Crippen LogP contribution in [0.25, 0.3) is 0 Å². The van der Waals surface area contributed by atoms with Crippen molar-refractivity contribution in [1.82, 2.24) is 5.32 Å². The molecule has 2 rings (SSSR count). The Morgan fingerprint density at radius 1 is 1.18 bits per heavy atom. The number of carbonyl (C=O) groups excluding carboxylic acids is 1. The molecule has 2 aliphatic carbocycles. The maximum absolute atomic E-state index is 11.0. The summed E-state index contributed by atoms with van der Waals surface area (Å²) in [6.45, 7) is 9.58. The van der Waals surface area contributed by atoms with E-state index in [-0.39, 0.29) is 5.91 Å². The Morgan fingerprint density at radius 3 is 2.59 bits per heavy atom. The van der Waals surface area contributed by atoms with Crippen molar-refractivity contribution in [3.8, 4) is 12.3 Å². The van der Waals surface area contributed by atoms with Crippen molar-refractivity contribution in [2.75, 3.05) is 6.54 Å². The number of fused-ring (bicyclic) bond motifs is 1. The Balaban J connectivity index is 0.00000116. The molecule has 2 heteroatoms. The number of hydrogen-bond acceptors (Lipinski definition) is 1. The number of carbonyl (C=O) groups is 1. The molecule has 0 aromatic rings. The molecule has 0 aromatic heterocycles. The lowest BCUT2D eigenvalue weighted by molar-refractivity contribution is -0.115. The van der Waals surface area contributed by atoms with Gasteiger partial charge in [-0.25, -0.2) is 0 Å². The third-order valence-electron chi connectivity index (χ3n) is 5.71. The molecule has 2 nitrogen and oxygen atoms in total. The molecule has 0 radical (unpaired) electrons. The van der Waals surface area contributed by atoms with Gasteiger partial charge in [0, 0.05) is 6.54 Å². The Bertz CT molecular complexity index is 370. The monoisotopic (exact) mass is 305 g/mol. The molecule has 2 saturated carbocycles. The van der Waals surface area contributed by atoms with Crippen LogP contribution in [0.5, 0.6) is 0 Å². The standard InChI is InChI=1S/C18H29NO.C2H6/c1-4-18(20)19-11-5-6-16-14(3)8-9-15-12-13(2)7-10-17(15)16;1-2/h1,13-17H,5-12H2,2-3H3,(H,19,20);1-2H3. The van der Waals surface area contributed by atoms with Gasteiger partial charge in [0.2, 0.25) is 0 Å². The van der Waals surface area contributed by atoms with Gasteiger partial charge in [-0.3, -0.25) is 4.79 Å². The first-order valence-corrected chi connectivity index (χ1v) is 9.36. The number of amides is 1. The zero-order valence-electron chi connectivity index (χ0n) is 15.0. The second-order valence-corrected chi connectivity index (χ2v) is 7.10. The molecule has 5 unspecified atom stereocenters. The van der Waals surface area contributed by atoms with E-state index in [0.717, 1.165) is 42.6 Å². The van der Waals surface area contributed by atoms with Crippen LogP contribution in [0.15, 0.2) is 0 Å². The van der Waals surface area contributed by atoms with Crippen molar-refractivity contribution in [2.24, 2.45) is 29.6 Å². The SMILES string of the molecule is C#CC(=O)NCCCC1C(C)CCC2CC(C)CCC21.CC. The van der Waals surface area contributed by atoms with Crippen molar-refractivity contribution < 1.29 is 4.79 Å². The van der Waals surface area contributed by atoms with Crippen LogP contribution in [0.4, 0.5) is 0 Å². The predicted octanol–water partition coefficient (Wildman–Crippen LogP) is 4.64. The summed E-state index contributed by atoms with van der Waals surface area (Å²) in [6.07, 6.45) is 14.5. The molecule has 0 bridgehead atoms. The van der Waals surface area contributed by atoms with Crippen LogP contribution in [0.2, 0.25) is 0 Å². The summed E-state index contributed by atoms with van der Waals surface area (Å²) in [5.41, 5.74) is 0. The fourth-order valence-electron chi connectivity index (χ4n) is 4.62. The topological polar surface area (TPSA) is 29.1 Å². The number of rotatable bonds is 4. The maximum atomic E-state index is 11.0. The van der Waals surface area contributed by atoms with Crippen LogP contribution in [0.1, 0.15) is 72.6 Å². The first kappa shape index (κ1) is 19.1.